The molecule has 9 nitrogen and oxygen atoms in total. The van der Waals surface area contributed by atoms with Crippen molar-refractivity contribution in [3.05, 3.63) is 84.4 Å². The number of ether oxygens (including phenoxy) is 3. The van der Waals surface area contributed by atoms with Gasteiger partial charge >= 0.3 is 0 Å². The minimum absolute atomic E-state index is 0.0534. The molecule has 0 aliphatic heterocycles. The van der Waals surface area contributed by atoms with Gasteiger partial charge in [-0.2, -0.15) is 0 Å². The van der Waals surface area contributed by atoms with E-state index in [0.717, 1.165) is 10.8 Å². The van der Waals surface area contributed by atoms with Crippen LogP contribution in [0.1, 0.15) is 10.4 Å². The summed E-state index contributed by atoms with van der Waals surface area (Å²) >= 11 is 0. The van der Waals surface area contributed by atoms with Gasteiger partial charge in [-0.15, -0.1) is 0 Å². The predicted molar refractivity (Wildman–Crippen MR) is 145 cm³/mol. The first-order chi connectivity index (χ1) is 18.3. The molecule has 1 aromatic heterocycles. The lowest BCUT2D eigenvalue weighted by molar-refractivity contribution is 0.102. The maximum absolute atomic E-state index is 13.3. The molecule has 0 unspecified atom stereocenters. The first kappa shape index (κ1) is 25.0. The van der Waals surface area contributed by atoms with Crippen LogP contribution in [0.3, 0.4) is 0 Å². The molecular formula is C28H24N2O7S. The van der Waals surface area contributed by atoms with Crippen LogP contribution in [0.5, 0.6) is 17.2 Å². The van der Waals surface area contributed by atoms with Gasteiger partial charge in [-0.25, -0.2) is 8.42 Å². The Hall–Kier alpha value is -4.70. The molecule has 5 aromatic rings. The molecule has 0 spiro atoms. The smallest absolute Gasteiger partial charge is 0.262 e. The van der Waals surface area contributed by atoms with E-state index in [1.54, 1.807) is 24.3 Å². The summed E-state index contributed by atoms with van der Waals surface area (Å²) < 4.78 is 50.7. The number of anilines is 2. The van der Waals surface area contributed by atoms with Crippen LogP contribution in [-0.2, 0) is 10.0 Å². The number of carbonyl (C=O) groups excluding carboxylic acids is 1. The highest BCUT2D eigenvalue weighted by Gasteiger charge is 2.22. The van der Waals surface area contributed by atoms with Gasteiger partial charge in [0.2, 0.25) is 0 Å². The molecule has 194 valence electrons. The van der Waals surface area contributed by atoms with E-state index in [2.05, 4.69) is 10.0 Å². The highest BCUT2D eigenvalue weighted by molar-refractivity contribution is 7.92. The molecule has 0 aliphatic carbocycles. The highest BCUT2D eigenvalue weighted by Crippen LogP contribution is 2.37. The minimum atomic E-state index is -4.06. The van der Waals surface area contributed by atoms with E-state index in [4.69, 9.17) is 18.6 Å². The summed E-state index contributed by atoms with van der Waals surface area (Å²) in [4.78, 5) is 13.3. The van der Waals surface area contributed by atoms with E-state index in [-0.39, 0.29) is 21.9 Å². The van der Waals surface area contributed by atoms with Gasteiger partial charge in [0.15, 0.2) is 11.5 Å². The van der Waals surface area contributed by atoms with Gasteiger partial charge in [0.25, 0.3) is 15.9 Å². The standard InChI is InChI=1S/C28H24N2O7S/c1-34-24-13-12-17(14-27(24)36-3)38(32,33)30-21-10-6-4-9-19(21)28(31)29-22-16-25-20(15-26(22)35-2)18-8-5-7-11-23(18)37-25/h4-16,30H,1-3H3,(H,29,31). The third-order valence-corrected chi connectivity index (χ3v) is 7.39. The number of benzene rings is 4. The number of rotatable bonds is 8. The maximum Gasteiger partial charge on any atom is 0.262 e. The number of fused-ring (bicyclic) bond motifs is 3. The van der Waals surface area contributed by atoms with Crippen molar-refractivity contribution in [3.8, 4) is 17.2 Å². The lowest BCUT2D eigenvalue weighted by Gasteiger charge is -2.15. The van der Waals surface area contributed by atoms with E-state index >= 15 is 0 Å². The molecule has 0 saturated heterocycles. The van der Waals surface area contributed by atoms with Crippen molar-refractivity contribution in [1.29, 1.82) is 0 Å². The monoisotopic (exact) mass is 532 g/mol. The summed E-state index contributed by atoms with van der Waals surface area (Å²) in [5, 5.41) is 4.59. The lowest BCUT2D eigenvalue weighted by Crippen LogP contribution is -2.19. The van der Waals surface area contributed by atoms with Crippen molar-refractivity contribution in [2.75, 3.05) is 31.4 Å². The summed E-state index contributed by atoms with van der Waals surface area (Å²) in [6, 6.07) is 21.6. The zero-order valence-corrected chi connectivity index (χ0v) is 21.6. The van der Waals surface area contributed by atoms with Crippen LogP contribution in [0.2, 0.25) is 0 Å². The normalized spacial score (nSPS) is 11.3. The van der Waals surface area contributed by atoms with E-state index in [0.29, 0.717) is 28.4 Å². The third-order valence-electron chi connectivity index (χ3n) is 6.03. The Morgan fingerprint density at radius 2 is 1.42 bits per heavy atom. The topological polar surface area (TPSA) is 116 Å². The molecule has 10 heteroatoms. The fraction of sp³-hybridized carbons (Fsp3) is 0.107. The van der Waals surface area contributed by atoms with Crippen LogP contribution >= 0.6 is 0 Å². The van der Waals surface area contributed by atoms with Crippen molar-refractivity contribution in [3.63, 3.8) is 0 Å². The number of para-hydroxylation sites is 2. The number of sulfonamides is 1. The van der Waals surface area contributed by atoms with Gasteiger partial charge in [-0.05, 0) is 36.4 Å². The zero-order chi connectivity index (χ0) is 26.9. The summed E-state index contributed by atoms with van der Waals surface area (Å²) in [5.41, 5.74) is 1.88. The Labute approximate surface area is 219 Å². The Bertz CT molecular complexity index is 1780. The van der Waals surface area contributed by atoms with Gasteiger partial charge in [-0.1, -0.05) is 30.3 Å². The second-order valence-electron chi connectivity index (χ2n) is 8.27. The Balaban J connectivity index is 1.46. The molecule has 0 bridgehead atoms. The van der Waals surface area contributed by atoms with Crippen LogP contribution in [0.25, 0.3) is 21.9 Å². The Morgan fingerprint density at radius 3 is 2.18 bits per heavy atom. The number of amides is 1. The molecule has 1 amide bonds. The fourth-order valence-corrected chi connectivity index (χ4v) is 5.26. The molecule has 2 N–H and O–H groups in total. The number of hydrogen-bond acceptors (Lipinski definition) is 7. The van der Waals surface area contributed by atoms with Crippen LogP contribution in [0.4, 0.5) is 11.4 Å². The quantitative estimate of drug-likeness (QED) is 0.265. The van der Waals surface area contributed by atoms with Crippen molar-refractivity contribution in [2.45, 2.75) is 4.90 Å². The predicted octanol–water partition coefficient (Wildman–Crippen LogP) is 5.66. The van der Waals surface area contributed by atoms with Gasteiger partial charge in [0.05, 0.1) is 43.2 Å². The summed E-state index contributed by atoms with van der Waals surface area (Å²) in [7, 11) is 0.316. The summed E-state index contributed by atoms with van der Waals surface area (Å²) in [5.74, 6) is 0.543. The molecule has 5 rings (SSSR count). The van der Waals surface area contributed by atoms with Crippen molar-refractivity contribution < 1.29 is 31.8 Å². The zero-order valence-electron chi connectivity index (χ0n) is 20.8. The van der Waals surface area contributed by atoms with Crippen LogP contribution in [-0.4, -0.2) is 35.7 Å². The molecule has 0 fully saturated rings. The maximum atomic E-state index is 13.3. The number of methoxy groups -OCH3 is 3. The average Bonchev–Trinajstić information content (AvgIpc) is 3.29. The molecule has 0 aliphatic rings. The van der Waals surface area contributed by atoms with Crippen molar-refractivity contribution >= 4 is 49.2 Å². The highest BCUT2D eigenvalue weighted by atomic mass is 32.2. The third kappa shape index (κ3) is 4.57. The number of carbonyl (C=O) groups is 1. The number of nitrogens with one attached hydrogen (secondary N) is 2. The van der Waals surface area contributed by atoms with Crippen molar-refractivity contribution in [1.82, 2.24) is 0 Å². The van der Waals surface area contributed by atoms with E-state index in [1.165, 1.54) is 51.7 Å². The minimum Gasteiger partial charge on any atom is -0.495 e. The summed E-state index contributed by atoms with van der Waals surface area (Å²) in [6.07, 6.45) is 0. The van der Waals surface area contributed by atoms with E-state index in [1.807, 2.05) is 24.3 Å². The van der Waals surface area contributed by atoms with Gasteiger partial charge in [0.1, 0.15) is 16.9 Å². The number of hydrogen-bond donors (Lipinski definition) is 2. The number of furan rings is 1. The molecule has 0 saturated carbocycles. The van der Waals surface area contributed by atoms with Gasteiger partial charge in [-0.3, -0.25) is 9.52 Å². The largest absolute Gasteiger partial charge is 0.495 e. The molecule has 38 heavy (non-hydrogen) atoms. The molecule has 4 aromatic carbocycles. The fourth-order valence-electron chi connectivity index (χ4n) is 4.17. The molecule has 1 heterocycles. The molecular weight excluding hydrogens is 508 g/mol. The van der Waals surface area contributed by atoms with Crippen LogP contribution in [0.15, 0.2) is 88.2 Å². The second kappa shape index (κ2) is 9.98. The lowest BCUT2D eigenvalue weighted by atomic mass is 10.1. The molecule has 0 radical (unpaired) electrons. The second-order valence-corrected chi connectivity index (χ2v) is 9.95. The van der Waals surface area contributed by atoms with Gasteiger partial charge < -0.3 is 23.9 Å². The Kier molecular flexibility index (Phi) is 6.56. The Morgan fingerprint density at radius 1 is 0.711 bits per heavy atom. The van der Waals surface area contributed by atoms with Crippen LogP contribution in [0, 0.1) is 0 Å². The van der Waals surface area contributed by atoms with E-state index < -0.39 is 15.9 Å². The van der Waals surface area contributed by atoms with E-state index in [9.17, 15) is 13.2 Å². The average molecular weight is 533 g/mol. The SMILES string of the molecule is COc1cc2c(cc1NC(=O)c1ccccc1NS(=O)(=O)c1ccc(OC)c(OC)c1)oc1ccccc12. The van der Waals surface area contributed by atoms with Gasteiger partial charge in [0, 0.05) is 22.9 Å². The summed E-state index contributed by atoms with van der Waals surface area (Å²) in [6.45, 7) is 0. The first-order valence-corrected chi connectivity index (χ1v) is 13.0. The van der Waals surface area contributed by atoms with Crippen molar-refractivity contribution in [2.24, 2.45) is 0 Å². The first-order valence-electron chi connectivity index (χ1n) is 11.5. The molecule has 0 atom stereocenters. The van der Waals surface area contributed by atoms with Crippen LogP contribution < -0.4 is 24.2 Å².